The van der Waals surface area contributed by atoms with Crippen molar-refractivity contribution in [2.45, 2.75) is 10.6 Å². The first-order valence-electron chi connectivity index (χ1n) is 9.20. The van der Waals surface area contributed by atoms with Gasteiger partial charge in [0.25, 0.3) is 0 Å². The molecule has 0 unspecified atom stereocenters. The van der Waals surface area contributed by atoms with Crippen molar-refractivity contribution in [2.24, 2.45) is 0 Å². The summed E-state index contributed by atoms with van der Waals surface area (Å²) in [7, 11) is 3.47. The average Bonchev–Trinajstić information content (AvgIpc) is 3.27. The maximum absolute atomic E-state index is 6.05. The number of hydrogen-bond donors (Lipinski definition) is 1. The largest absolute Gasteiger partial charge is 0.497 e. The lowest BCUT2D eigenvalue weighted by Crippen LogP contribution is -1.95. The van der Waals surface area contributed by atoms with Crippen molar-refractivity contribution in [3.63, 3.8) is 0 Å². The fourth-order valence-electron chi connectivity index (χ4n) is 2.96. The van der Waals surface area contributed by atoms with Crippen LogP contribution in [0.3, 0.4) is 0 Å². The minimum atomic E-state index is 0.510. The van der Waals surface area contributed by atoms with Gasteiger partial charge < -0.3 is 14.6 Å². The first-order valence-corrected chi connectivity index (χ1v) is 10.6. The van der Waals surface area contributed by atoms with Crippen LogP contribution in [0.25, 0.3) is 22.5 Å². The van der Waals surface area contributed by atoms with Gasteiger partial charge in [-0.25, -0.2) is 4.98 Å². The molecule has 4 rings (SSSR count). The number of nitrogens with zero attached hydrogens (tertiary/aromatic N) is 3. The van der Waals surface area contributed by atoms with Crippen LogP contribution >= 0.6 is 23.4 Å². The summed E-state index contributed by atoms with van der Waals surface area (Å²) in [5.74, 6) is 3.09. The van der Waals surface area contributed by atoms with Crippen molar-refractivity contribution >= 4 is 29.2 Å². The number of halogens is 1. The van der Waals surface area contributed by atoms with E-state index in [4.69, 9.17) is 20.9 Å². The van der Waals surface area contributed by atoms with Gasteiger partial charge in [0.15, 0.2) is 0 Å². The summed E-state index contributed by atoms with van der Waals surface area (Å²) in [5, 5.41) is 7.85. The summed E-state index contributed by atoms with van der Waals surface area (Å²) in [6.45, 7) is 0. The molecule has 0 fully saturated rings. The number of ether oxygens (including phenoxy) is 1. The molecule has 6 nitrogen and oxygen atoms in total. The summed E-state index contributed by atoms with van der Waals surface area (Å²) in [5.41, 5.74) is 2.91. The Morgan fingerprint density at radius 2 is 1.93 bits per heavy atom. The molecule has 0 spiro atoms. The van der Waals surface area contributed by atoms with Crippen molar-refractivity contribution in [2.75, 3.05) is 19.5 Å². The van der Waals surface area contributed by atoms with Gasteiger partial charge >= 0.3 is 0 Å². The van der Waals surface area contributed by atoms with Crippen LogP contribution in [0.4, 0.5) is 5.82 Å². The van der Waals surface area contributed by atoms with Gasteiger partial charge in [-0.2, -0.15) is 4.98 Å². The highest BCUT2D eigenvalue weighted by Crippen LogP contribution is 2.36. The number of thioether (sulfide) groups is 1. The summed E-state index contributed by atoms with van der Waals surface area (Å²) in [4.78, 5) is 9.89. The zero-order chi connectivity index (χ0) is 20.9. The van der Waals surface area contributed by atoms with E-state index in [0.717, 1.165) is 27.3 Å². The summed E-state index contributed by atoms with van der Waals surface area (Å²) < 4.78 is 10.9. The number of anilines is 1. The van der Waals surface area contributed by atoms with E-state index in [-0.39, 0.29) is 0 Å². The fraction of sp³-hybridized carbons (Fsp3) is 0.136. The predicted molar refractivity (Wildman–Crippen MR) is 120 cm³/mol. The number of pyridine rings is 1. The molecule has 0 saturated heterocycles. The van der Waals surface area contributed by atoms with Gasteiger partial charge in [0, 0.05) is 23.2 Å². The topological polar surface area (TPSA) is 73.1 Å². The van der Waals surface area contributed by atoms with Gasteiger partial charge in [0.05, 0.1) is 18.4 Å². The third-order valence-corrected chi connectivity index (χ3v) is 5.76. The Balaban J connectivity index is 1.57. The average molecular weight is 439 g/mol. The first-order chi connectivity index (χ1) is 14.7. The van der Waals surface area contributed by atoms with E-state index < -0.39 is 0 Å². The molecule has 0 radical (unpaired) electrons. The molecule has 0 bridgehead atoms. The molecule has 8 heteroatoms. The molecule has 2 heterocycles. The summed E-state index contributed by atoms with van der Waals surface area (Å²) >= 11 is 7.67. The molecular formula is C22H19ClN4O2S. The third-order valence-electron chi connectivity index (χ3n) is 4.45. The number of nitrogens with one attached hydrogen (secondary N) is 1. The highest BCUT2D eigenvalue weighted by atomic mass is 35.5. The van der Waals surface area contributed by atoms with Crippen molar-refractivity contribution < 1.29 is 9.26 Å². The zero-order valence-electron chi connectivity index (χ0n) is 16.4. The number of rotatable bonds is 7. The van der Waals surface area contributed by atoms with Crippen molar-refractivity contribution in [3.8, 4) is 28.3 Å². The van der Waals surface area contributed by atoms with E-state index in [1.54, 1.807) is 25.1 Å². The second-order valence-corrected chi connectivity index (χ2v) is 7.77. The van der Waals surface area contributed by atoms with Crippen LogP contribution in [0.2, 0.25) is 5.02 Å². The second kappa shape index (κ2) is 9.19. The van der Waals surface area contributed by atoms with E-state index in [1.165, 1.54) is 0 Å². The lowest BCUT2D eigenvalue weighted by atomic mass is 10.1. The molecule has 2 aromatic carbocycles. The highest BCUT2D eigenvalue weighted by molar-refractivity contribution is 7.98. The normalized spacial score (nSPS) is 10.8. The minimum absolute atomic E-state index is 0.510. The molecule has 2 aromatic heterocycles. The number of methoxy groups -OCH3 is 1. The van der Waals surface area contributed by atoms with Gasteiger partial charge in [0.1, 0.15) is 11.6 Å². The summed E-state index contributed by atoms with van der Waals surface area (Å²) in [6.07, 6.45) is 1.72. The van der Waals surface area contributed by atoms with E-state index in [2.05, 4.69) is 20.4 Å². The molecule has 30 heavy (non-hydrogen) atoms. The van der Waals surface area contributed by atoms with E-state index >= 15 is 0 Å². The fourth-order valence-corrected chi connectivity index (χ4v) is 3.98. The zero-order valence-corrected chi connectivity index (χ0v) is 18.0. The standard InChI is InChI=1S/C22H19ClN4O2S/c1-24-21-17(4-3-11-25-21)22-26-20(29-27-22)13-30-19-10-9-16(28-2)12-18(19)14-5-7-15(23)8-6-14/h3-12H,13H2,1-2H3,(H,24,25). The maximum atomic E-state index is 6.05. The molecule has 0 amide bonds. The van der Waals surface area contributed by atoms with Crippen LogP contribution in [0, 0.1) is 0 Å². The van der Waals surface area contributed by atoms with Crippen LogP contribution in [0.1, 0.15) is 5.89 Å². The van der Waals surface area contributed by atoms with Crippen molar-refractivity contribution in [1.29, 1.82) is 0 Å². The predicted octanol–water partition coefficient (Wildman–Crippen LogP) is 5.79. The van der Waals surface area contributed by atoms with Crippen molar-refractivity contribution in [3.05, 3.63) is 71.7 Å². The molecule has 152 valence electrons. The Kier molecular flexibility index (Phi) is 6.21. The van der Waals surface area contributed by atoms with Crippen LogP contribution in [0.15, 0.2) is 70.2 Å². The molecular weight excluding hydrogens is 420 g/mol. The molecule has 1 N–H and O–H groups in total. The van der Waals surface area contributed by atoms with E-state index in [1.807, 2.05) is 61.6 Å². The third kappa shape index (κ3) is 4.42. The van der Waals surface area contributed by atoms with Gasteiger partial charge in [-0.05, 0) is 53.6 Å². The maximum Gasteiger partial charge on any atom is 0.237 e. The van der Waals surface area contributed by atoms with Crippen molar-refractivity contribution in [1.82, 2.24) is 15.1 Å². The van der Waals surface area contributed by atoms with Crippen LogP contribution in [-0.4, -0.2) is 29.3 Å². The minimum Gasteiger partial charge on any atom is -0.497 e. The second-order valence-electron chi connectivity index (χ2n) is 6.32. The smallest absolute Gasteiger partial charge is 0.237 e. The SMILES string of the molecule is CNc1ncccc1-c1noc(CSc2ccc(OC)cc2-c2ccc(Cl)cc2)n1. The highest BCUT2D eigenvalue weighted by Gasteiger charge is 2.14. The Bertz CT molecular complexity index is 1150. The Labute approximate surface area is 183 Å². The Hall–Kier alpha value is -3.03. The van der Waals surface area contributed by atoms with Gasteiger partial charge in [0.2, 0.25) is 11.7 Å². The number of benzene rings is 2. The van der Waals surface area contributed by atoms with E-state index in [0.29, 0.717) is 28.3 Å². The quantitative estimate of drug-likeness (QED) is 0.366. The van der Waals surface area contributed by atoms with Gasteiger partial charge in [-0.1, -0.05) is 28.9 Å². The first kappa shape index (κ1) is 20.3. The van der Waals surface area contributed by atoms with Gasteiger partial charge in [-0.3, -0.25) is 0 Å². The molecule has 0 aliphatic carbocycles. The summed E-state index contributed by atoms with van der Waals surface area (Å²) in [6, 6.07) is 17.5. The molecule has 0 atom stereocenters. The molecule has 4 aromatic rings. The van der Waals surface area contributed by atoms with E-state index in [9.17, 15) is 0 Å². The number of hydrogen-bond acceptors (Lipinski definition) is 7. The lowest BCUT2D eigenvalue weighted by Gasteiger charge is -2.11. The number of aromatic nitrogens is 3. The Morgan fingerprint density at radius 1 is 1.10 bits per heavy atom. The van der Waals surface area contributed by atoms with Crippen LogP contribution in [0.5, 0.6) is 5.75 Å². The molecule has 0 aliphatic rings. The monoisotopic (exact) mass is 438 g/mol. The Morgan fingerprint density at radius 3 is 2.70 bits per heavy atom. The van der Waals surface area contributed by atoms with Gasteiger partial charge in [-0.15, -0.1) is 11.8 Å². The lowest BCUT2D eigenvalue weighted by molar-refractivity contribution is 0.391. The van der Waals surface area contributed by atoms with Crippen LogP contribution in [-0.2, 0) is 5.75 Å². The molecule has 0 aliphatic heterocycles. The van der Waals surface area contributed by atoms with Crippen LogP contribution < -0.4 is 10.1 Å². The molecule has 0 saturated carbocycles.